The van der Waals surface area contributed by atoms with E-state index in [1.54, 1.807) is 0 Å². The van der Waals surface area contributed by atoms with Crippen LogP contribution in [0.15, 0.2) is 12.4 Å². The van der Waals surface area contributed by atoms with E-state index >= 15 is 0 Å². The summed E-state index contributed by atoms with van der Waals surface area (Å²) < 4.78 is 2.12. The zero-order chi connectivity index (χ0) is 7.78. The minimum atomic E-state index is -1.17. The molecule has 3 heteroatoms. The van der Waals surface area contributed by atoms with Gasteiger partial charge in [0.05, 0.1) is 5.45 Å². The number of imidazole rings is 1. The summed E-state index contributed by atoms with van der Waals surface area (Å²) in [7, 11) is 0.882. The average molecular weight is 154 g/mol. The largest absolute Gasteiger partial charge is 0.342 e. The molecule has 2 nitrogen and oxygen atoms in total. The molecular formula is C7H14N2Si. The number of aryl methyl sites for hydroxylation is 1. The van der Waals surface area contributed by atoms with Crippen molar-refractivity contribution in [3.05, 3.63) is 12.4 Å². The van der Waals surface area contributed by atoms with Crippen LogP contribution >= 0.6 is 0 Å². The summed E-state index contributed by atoms with van der Waals surface area (Å²) in [6.07, 6.45) is 3.88. The molecule has 0 N–H and O–H groups in total. The molecule has 0 aliphatic carbocycles. The number of rotatable bonds is 1. The van der Waals surface area contributed by atoms with Gasteiger partial charge < -0.3 is 4.57 Å². The Balaban J connectivity index is 3.05. The number of hydrogen-bond acceptors (Lipinski definition) is 1. The molecule has 0 bridgehead atoms. The molecule has 1 aromatic heterocycles. The fraction of sp³-hybridized carbons (Fsp3) is 0.571. The van der Waals surface area contributed by atoms with E-state index < -0.39 is 8.07 Å². The van der Waals surface area contributed by atoms with Crippen molar-refractivity contribution < 1.29 is 0 Å². The van der Waals surface area contributed by atoms with Crippen molar-refractivity contribution in [1.29, 1.82) is 0 Å². The van der Waals surface area contributed by atoms with E-state index in [1.165, 1.54) is 5.45 Å². The highest BCUT2D eigenvalue weighted by atomic mass is 28.3. The van der Waals surface area contributed by atoms with Gasteiger partial charge in [-0.15, -0.1) is 0 Å². The van der Waals surface area contributed by atoms with Crippen LogP contribution < -0.4 is 5.45 Å². The average Bonchev–Trinajstić information content (AvgIpc) is 2.11. The molecule has 0 radical (unpaired) electrons. The molecule has 0 aliphatic rings. The van der Waals surface area contributed by atoms with Gasteiger partial charge in [-0.1, -0.05) is 19.6 Å². The quantitative estimate of drug-likeness (QED) is 0.551. The van der Waals surface area contributed by atoms with Crippen LogP contribution in [0.25, 0.3) is 0 Å². The van der Waals surface area contributed by atoms with Crippen LogP contribution in [-0.4, -0.2) is 17.6 Å². The number of aromatic nitrogens is 2. The summed E-state index contributed by atoms with van der Waals surface area (Å²) in [4.78, 5) is 4.31. The van der Waals surface area contributed by atoms with Crippen LogP contribution in [0.5, 0.6) is 0 Å². The first-order chi connectivity index (χ1) is 4.52. The topological polar surface area (TPSA) is 17.8 Å². The lowest BCUT2D eigenvalue weighted by atomic mass is 10.9. The van der Waals surface area contributed by atoms with E-state index in [1.807, 2.05) is 12.4 Å². The Morgan fingerprint density at radius 3 is 2.20 bits per heavy atom. The van der Waals surface area contributed by atoms with Crippen molar-refractivity contribution in [2.75, 3.05) is 0 Å². The molecule has 1 heterocycles. The molecule has 0 aliphatic heterocycles. The molecule has 10 heavy (non-hydrogen) atoms. The van der Waals surface area contributed by atoms with Crippen molar-refractivity contribution in [3.8, 4) is 0 Å². The highest BCUT2D eigenvalue weighted by Crippen LogP contribution is 1.98. The van der Waals surface area contributed by atoms with Crippen LogP contribution in [0.3, 0.4) is 0 Å². The van der Waals surface area contributed by atoms with E-state index in [-0.39, 0.29) is 0 Å². The highest BCUT2D eigenvalue weighted by Gasteiger charge is 2.20. The van der Waals surface area contributed by atoms with Gasteiger partial charge in [-0.2, -0.15) is 0 Å². The van der Waals surface area contributed by atoms with Gasteiger partial charge >= 0.3 is 0 Å². The lowest BCUT2D eigenvalue weighted by molar-refractivity contribution is 0.944. The number of hydrogen-bond donors (Lipinski definition) is 0. The monoisotopic (exact) mass is 154 g/mol. The third-order valence-corrected chi connectivity index (χ3v) is 3.32. The predicted octanol–water partition coefficient (Wildman–Crippen LogP) is 0.965. The van der Waals surface area contributed by atoms with Crippen LogP contribution in [0, 0.1) is 0 Å². The Kier molecular flexibility index (Phi) is 1.68. The molecule has 0 atom stereocenters. The summed E-state index contributed by atoms with van der Waals surface area (Å²) in [5.74, 6) is 0. The first-order valence-electron chi connectivity index (χ1n) is 3.49. The van der Waals surface area contributed by atoms with Gasteiger partial charge in [-0.05, 0) is 0 Å². The van der Waals surface area contributed by atoms with Crippen molar-refractivity contribution in [2.45, 2.75) is 19.6 Å². The summed E-state index contributed by atoms with van der Waals surface area (Å²) in [5.41, 5.74) is 1.27. The third-order valence-electron chi connectivity index (χ3n) is 1.49. The standard InChI is InChI=1S/C7H14N2Si/c1-9-6-5-8-7(9)10(2,3)4/h5-6H,1-4H3. The first kappa shape index (κ1) is 7.53. The van der Waals surface area contributed by atoms with Crippen LogP contribution in [0.4, 0.5) is 0 Å². The van der Waals surface area contributed by atoms with Crippen molar-refractivity contribution in [2.24, 2.45) is 7.05 Å². The van der Waals surface area contributed by atoms with E-state index in [0.29, 0.717) is 0 Å². The van der Waals surface area contributed by atoms with Crippen LogP contribution in [-0.2, 0) is 7.05 Å². The van der Waals surface area contributed by atoms with Gasteiger partial charge in [0.2, 0.25) is 0 Å². The molecule has 0 spiro atoms. The molecule has 0 saturated heterocycles. The Morgan fingerprint density at radius 2 is 2.00 bits per heavy atom. The zero-order valence-corrected chi connectivity index (χ0v) is 8.05. The maximum Gasteiger partial charge on any atom is 0.123 e. The summed E-state index contributed by atoms with van der Waals surface area (Å²) in [6, 6.07) is 0. The molecule has 0 amide bonds. The second kappa shape index (κ2) is 2.23. The lowest BCUT2D eigenvalue weighted by Crippen LogP contribution is -2.43. The van der Waals surface area contributed by atoms with E-state index in [0.717, 1.165) is 0 Å². The molecule has 0 saturated carbocycles. The maximum absolute atomic E-state index is 4.31. The third kappa shape index (κ3) is 1.29. The zero-order valence-electron chi connectivity index (χ0n) is 7.05. The lowest BCUT2D eigenvalue weighted by Gasteiger charge is -2.14. The van der Waals surface area contributed by atoms with Gasteiger partial charge in [0.15, 0.2) is 0 Å². The normalized spacial score (nSPS) is 12.0. The fourth-order valence-corrected chi connectivity index (χ4v) is 2.68. The van der Waals surface area contributed by atoms with E-state index in [9.17, 15) is 0 Å². The van der Waals surface area contributed by atoms with Crippen molar-refractivity contribution >= 4 is 13.5 Å². The molecular weight excluding hydrogens is 140 g/mol. The minimum absolute atomic E-state index is 1.17. The molecule has 0 unspecified atom stereocenters. The van der Waals surface area contributed by atoms with E-state index in [4.69, 9.17) is 0 Å². The Labute approximate surface area is 62.9 Å². The van der Waals surface area contributed by atoms with Gasteiger partial charge in [-0.25, -0.2) is 4.98 Å². The minimum Gasteiger partial charge on any atom is -0.342 e. The maximum atomic E-state index is 4.31. The van der Waals surface area contributed by atoms with E-state index in [2.05, 4.69) is 36.2 Å². The van der Waals surface area contributed by atoms with Gasteiger partial charge in [0, 0.05) is 19.4 Å². The predicted molar refractivity (Wildman–Crippen MR) is 46.2 cm³/mol. The number of nitrogens with zero attached hydrogens (tertiary/aromatic N) is 2. The summed E-state index contributed by atoms with van der Waals surface area (Å²) >= 11 is 0. The first-order valence-corrected chi connectivity index (χ1v) is 6.99. The molecule has 0 fully saturated rings. The van der Waals surface area contributed by atoms with Crippen molar-refractivity contribution in [1.82, 2.24) is 9.55 Å². The van der Waals surface area contributed by atoms with Crippen molar-refractivity contribution in [3.63, 3.8) is 0 Å². The molecule has 1 aromatic rings. The van der Waals surface area contributed by atoms with Crippen LogP contribution in [0.2, 0.25) is 19.6 Å². The Morgan fingerprint density at radius 1 is 1.40 bits per heavy atom. The highest BCUT2D eigenvalue weighted by molar-refractivity contribution is 6.87. The Hall–Kier alpha value is -0.573. The summed E-state index contributed by atoms with van der Waals surface area (Å²) in [5, 5.41) is 0. The molecule has 1 rings (SSSR count). The second-order valence-electron chi connectivity index (χ2n) is 3.61. The molecule has 56 valence electrons. The smallest absolute Gasteiger partial charge is 0.123 e. The van der Waals surface area contributed by atoms with Gasteiger partial charge in [0.1, 0.15) is 8.07 Å². The second-order valence-corrected chi connectivity index (χ2v) is 8.56. The van der Waals surface area contributed by atoms with Gasteiger partial charge in [0.25, 0.3) is 0 Å². The fourth-order valence-electron chi connectivity index (χ4n) is 1.09. The summed E-state index contributed by atoms with van der Waals surface area (Å²) in [6.45, 7) is 6.90. The molecule has 0 aromatic carbocycles. The SMILES string of the molecule is Cn1ccnc1[Si](C)(C)C. The van der Waals surface area contributed by atoms with Crippen LogP contribution in [0.1, 0.15) is 0 Å². The van der Waals surface area contributed by atoms with Gasteiger partial charge in [-0.3, -0.25) is 0 Å². The Bertz CT molecular complexity index is 222.